The van der Waals surface area contributed by atoms with Crippen LogP contribution in [-0.4, -0.2) is 34.7 Å². The van der Waals surface area contributed by atoms with Crippen LogP contribution < -0.4 is 0 Å². The van der Waals surface area contributed by atoms with E-state index < -0.39 is 11.5 Å². The lowest BCUT2D eigenvalue weighted by atomic mass is 9.88. The van der Waals surface area contributed by atoms with Crippen molar-refractivity contribution in [3.05, 3.63) is 35.4 Å². The predicted octanol–water partition coefficient (Wildman–Crippen LogP) is 1.64. The second kappa shape index (κ2) is 4.37. The zero-order chi connectivity index (χ0) is 12.6. The molecule has 0 bridgehead atoms. The summed E-state index contributed by atoms with van der Waals surface area (Å²) in [6, 6.07) is 8.20. The molecule has 4 heteroatoms. The van der Waals surface area contributed by atoms with E-state index in [1.165, 1.54) is 11.1 Å². The van der Waals surface area contributed by atoms with Gasteiger partial charge in [-0.1, -0.05) is 24.3 Å². The summed E-state index contributed by atoms with van der Waals surface area (Å²) >= 11 is 0. The minimum absolute atomic E-state index is 0.541. The summed E-state index contributed by atoms with van der Waals surface area (Å²) < 4.78 is 5.32. The van der Waals surface area contributed by atoms with E-state index in [0.29, 0.717) is 26.1 Å². The van der Waals surface area contributed by atoms with E-state index in [0.717, 1.165) is 13.1 Å². The van der Waals surface area contributed by atoms with E-state index in [-0.39, 0.29) is 0 Å². The number of rotatable bonds is 2. The third-order valence-corrected chi connectivity index (χ3v) is 4.16. The van der Waals surface area contributed by atoms with Gasteiger partial charge in [0.2, 0.25) is 0 Å². The van der Waals surface area contributed by atoms with Crippen molar-refractivity contribution in [2.45, 2.75) is 31.5 Å². The molecule has 1 N–H and O–H groups in total. The summed E-state index contributed by atoms with van der Waals surface area (Å²) in [6.45, 7) is 2.56. The molecule has 4 nitrogen and oxygen atoms in total. The van der Waals surface area contributed by atoms with E-state index in [2.05, 4.69) is 17.0 Å². The Bertz CT molecular complexity index is 441. The summed E-state index contributed by atoms with van der Waals surface area (Å²) in [4.78, 5) is 13.8. The lowest BCUT2D eigenvalue weighted by molar-refractivity contribution is -0.159. The largest absolute Gasteiger partial charge is 0.480 e. The number of benzene rings is 1. The van der Waals surface area contributed by atoms with Gasteiger partial charge in [-0.15, -0.1) is 0 Å². The molecule has 0 amide bonds. The second-order valence-corrected chi connectivity index (χ2v) is 5.07. The molecule has 96 valence electrons. The van der Waals surface area contributed by atoms with Crippen molar-refractivity contribution < 1.29 is 14.6 Å². The number of fused-ring (bicyclic) bond motifs is 1. The molecule has 1 saturated heterocycles. The first-order valence-corrected chi connectivity index (χ1v) is 6.35. The summed E-state index contributed by atoms with van der Waals surface area (Å²) in [7, 11) is 0. The van der Waals surface area contributed by atoms with Crippen LogP contribution in [-0.2, 0) is 22.6 Å². The Morgan fingerprint density at radius 2 is 1.72 bits per heavy atom. The number of carbonyl (C=O) groups is 1. The topological polar surface area (TPSA) is 49.8 Å². The number of carboxylic acid groups (broad SMARTS) is 1. The van der Waals surface area contributed by atoms with Gasteiger partial charge in [-0.05, 0) is 24.0 Å². The number of carboxylic acids is 1. The summed E-state index contributed by atoms with van der Waals surface area (Å²) in [6.07, 6.45) is 1.16. The van der Waals surface area contributed by atoms with E-state index in [1.807, 2.05) is 12.1 Å². The maximum Gasteiger partial charge on any atom is 0.324 e. The van der Waals surface area contributed by atoms with Gasteiger partial charge in [0.1, 0.15) is 5.54 Å². The molecule has 1 fully saturated rings. The monoisotopic (exact) mass is 247 g/mol. The van der Waals surface area contributed by atoms with Crippen molar-refractivity contribution in [1.82, 2.24) is 4.90 Å². The van der Waals surface area contributed by atoms with Gasteiger partial charge in [-0.2, -0.15) is 0 Å². The zero-order valence-corrected chi connectivity index (χ0v) is 10.3. The Morgan fingerprint density at radius 3 is 2.22 bits per heavy atom. The van der Waals surface area contributed by atoms with Crippen LogP contribution in [0.5, 0.6) is 0 Å². The Kier molecular flexibility index (Phi) is 2.84. The van der Waals surface area contributed by atoms with Gasteiger partial charge in [0.25, 0.3) is 0 Å². The zero-order valence-electron chi connectivity index (χ0n) is 10.3. The van der Waals surface area contributed by atoms with Gasteiger partial charge in [-0.3, -0.25) is 9.69 Å². The van der Waals surface area contributed by atoms with Crippen LogP contribution in [0.2, 0.25) is 0 Å². The molecule has 2 aliphatic heterocycles. The Morgan fingerprint density at radius 1 is 1.17 bits per heavy atom. The third-order valence-electron chi connectivity index (χ3n) is 4.16. The minimum atomic E-state index is -0.739. The van der Waals surface area contributed by atoms with E-state index in [4.69, 9.17) is 4.74 Å². The Balaban J connectivity index is 1.88. The molecule has 1 aromatic carbocycles. The highest BCUT2D eigenvalue weighted by molar-refractivity contribution is 5.79. The first-order chi connectivity index (χ1) is 8.72. The number of ether oxygens (including phenoxy) is 1. The summed E-state index contributed by atoms with van der Waals surface area (Å²) in [5.41, 5.74) is 1.77. The average molecular weight is 247 g/mol. The predicted molar refractivity (Wildman–Crippen MR) is 66.1 cm³/mol. The smallest absolute Gasteiger partial charge is 0.324 e. The molecule has 0 aromatic heterocycles. The molecule has 0 radical (unpaired) electrons. The SMILES string of the molecule is O=C(O)C1(N2Cc3ccccc3C2)CCOCC1. The quantitative estimate of drug-likeness (QED) is 0.863. The first-order valence-electron chi connectivity index (χ1n) is 6.35. The molecule has 1 aromatic rings. The normalized spacial score (nSPS) is 22.7. The van der Waals surface area contributed by atoms with Crippen LogP contribution in [0.1, 0.15) is 24.0 Å². The van der Waals surface area contributed by atoms with Crippen molar-refractivity contribution in [1.29, 1.82) is 0 Å². The van der Waals surface area contributed by atoms with E-state index in [9.17, 15) is 9.90 Å². The van der Waals surface area contributed by atoms with Gasteiger partial charge in [0.15, 0.2) is 0 Å². The molecule has 0 unspecified atom stereocenters. The minimum Gasteiger partial charge on any atom is -0.480 e. The number of hydrogen-bond donors (Lipinski definition) is 1. The molecule has 0 atom stereocenters. The Hall–Kier alpha value is -1.39. The molecule has 0 saturated carbocycles. The highest BCUT2D eigenvalue weighted by Gasteiger charge is 2.47. The van der Waals surface area contributed by atoms with Crippen molar-refractivity contribution >= 4 is 5.97 Å². The fourth-order valence-corrected chi connectivity index (χ4v) is 3.01. The molecule has 2 aliphatic rings. The van der Waals surface area contributed by atoms with Crippen molar-refractivity contribution in [3.8, 4) is 0 Å². The van der Waals surface area contributed by atoms with Crippen LogP contribution in [0.25, 0.3) is 0 Å². The van der Waals surface area contributed by atoms with Crippen molar-refractivity contribution in [3.63, 3.8) is 0 Å². The summed E-state index contributed by atoms with van der Waals surface area (Å²) in [5, 5.41) is 9.63. The standard InChI is InChI=1S/C14H17NO3/c16-13(17)14(5-7-18-8-6-14)15-9-11-3-1-2-4-12(11)10-15/h1-4H,5-10H2,(H,16,17). The molecule has 18 heavy (non-hydrogen) atoms. The van der Waals surface area contributed by atoms with E-state index >= 15 is 0 Å². The van der Waals surface area contributed by atoms with Crippen LogP contribution in [0.4, 0.5) is 0 Å². The van der Waals surface area contributed by atoms with Crippen molar-refractivity contribution in [2.24, 2.45) is 0 Å². The molecular formula is C14H17NO3. The van der Waals surface area contributed by atoms with Gasteiger partial charge >= 0.3 is 5.97 Å². The van der Waals surface area contributed by atoms with Gasteiger partial charge in [0.05, 0.1) is 0 Å². The van der Waals surface area contributed by atoms with Gasteiger partial charge in [-0.25, -0.2) is 0 Å². The number of hydrogen-bond acceptors (Lipinski definition) is 3. The van der Waals surface area contributed by atoms with E-state index in [1.54, 1.807) is 0 Å². The van der Waals surface area contributed by atoms with Crippen LogP contribution in [0, 0.1) is 0 Å². The summed E-state index contributed by atoms with van der Waals surface area (Å²) in [5.74, 6) is -0.710. The molecule has 2 heterocycles. The molecular weight excluding hydrogens is 230 g/mol. The lowest BCUT2D eigenvalue weighted by Gasteiger charge is -2.40. The highest BCUT2D eigenvalue weighted by atomic mass is 16.5. The van der Waals surface area contributed by atoms with Crippen LogP contribution >= 0.6 is 0 Å². The number of aliphatic carboxylic acids is 1. The Labute approximate surface area is 106 Å². The molecule has 3 rings (SSSR count). The third kappa shape index (κ3) is 1.72. The first kappa shape index (κ1) is 11.7. The fraction of sp³-hybridized carbons (Fsp3) is 0.500. The van der Waals surface area contributed by atoms with Crippen molar-refractivity contribution in [2.75, 3.05) is 13.2 Å². The lowest BCUT2D eigenvalue weighted by Crippen LogP contribution is -2.55. The second-order valence-electron chi connectivity index (χ2n) is 5.07. The van der Waals surface area contributed by atoms with Gasteiger partial charge in [0, 0.05) is 26.3 Å². The van der Waals surface area contributed by atoms with Crippen LogP contribution in [0.3, 0.4) is 0 Å². The average Bonchev–Trinajstić information content (AvgIpc) is 2.83. The fourth-order valence-electron chi connectivity index (χ4n) is 3.01. The maximum atomic E-state index is 11.7. The highest BCUT2D eigenvalue weighted by Crippen LogP contribution is 2.35. The number of nitrogens with zero attached hydrogens (tertiary/aromatic N) is 1. The molecule has 0 spiro atoms. The molecule has 0 aliphatic carbocycles. The van der Waals surface area contributed by atoms with Gasteiger partial charge < -0.3 is 9.84 Å². The maximum absolute atomic E-state index is 11.7. The van der Waals surface area contributed by atoms with Crippen LogP contribution in [0.15, 0.2) is 24.3 Å².